The first kappa shape index (κ1) is 22.0. The number of sulfonamides is 1. The summed E-state index contributed by atoms with van der Waals surface area (Å²) in [7, 11) is 0.695. The summed E-state index contributed by atoms with van der Waals surface area (Å²) >= 11 is 0. The number of methoxy groups -OCH3 is 2. The van der Waals surface area contributed by atoms with Gasteiger partial charge >= 0.3 is 0 Å². The van der Waals surface area contributed by atoms with Gasteiger partial charge in [-0.15, -0.1) is 0 Å². The topological polar surface area (TPSA) is 76.2 Å². The molecule has 0 N–H and O–H groups in total. The Balaban J connectivity index is 2.04. The second-order valence-electron chi connectivity index (χ2n) is 7.31. The van der Waals surface area contributed by atoms with Crippen LogP contribution in [0.4, 0.5) is 5.69 Å². The number of anilines is 1. The summed E-state index contributed by atoms with van der Waals surface area (Å²) in [5.74, 6) is 0.550. The predicted octanol–water partition coefficient (Wildman–Crippen LogP) is 3.30. The van der Waals surface area contributed by atoms with Crippen molar-refractivity contribution in [3.8, 4) is 11.5 Å². The molecule has 1 aliphatic carbocycles. The minimum absolute atomic E-state index is 0.103. The van der Waals surface area contributed by atoms with E-state index < -0.39 is 10.0 Å². The van der Waals surface area contributed by atoms with E-state index in [2.05, 4.69) is 0 Å². The fourth-order valence-corrected chi connectivity index (χ4v) is 5.18. The van der Waals surface area contributed by atoms with Crippen molar-refractivity contribution in [3.05, 3.63) is 48.5 Å². The fourth-order valence-electron chi connectivity index (χ4n) is 3.74. The second-order valence-corrected chi connectivity index (χ2v) is 9.17. The number of carbonyl (C=O) groups is 1. The van der Waals surface area contributed by atoms with E-state index in [0.717, 1.165) is 30.0 Å². The maximum atomic E-state index is 13.5. The highest BCUT2D eigenvalue weighted by Gasteiger charge is 2.32. The van der Waals surface area contributed by atoms with Gasteiger partial charge < -0.3 is 14.4 Å². The number of carbonyl (C=O) groups excluding carboxylic acids is 1. The highest BCUT2D eigenvalue weighted by atomic mass is 32.2. The molecule has 0 spiro atoms. The molecule has 0 aliphatic heterocycles. The first-order valence-corrected chi connectivity index (χ1v) is 11.4. The Bertz CT molecular complexity index is 972. The van der Waals surface area contributed by atoms with Gasteiger partial charge in [0.25, 0.3) is 10.0 Å². The van der Waals surface area contributed by atoms with Crippen molar-refractivity contribution in [1.29, 1.82) is 0 Å². The van der Waals surface area contributed by atoms with Gasteiger partial charge in [-0.3, -0.25) is 9.10 Å². The molecule has 162 valence electrons. The normalized spacial score (nSPS) is 14.4. The first-order valence-electron chi connectivity index (χ1n) is 9.94. The van der Waals surface area contributed by atoms with Crippen LogP contribution in [0.5, 0.6) is 11.5 Å². The van der Waals surface area contributed by atoms with E-state index >= 15 is 0 Å². The molecule has 8 heteroatoms. The van der Waals surface area contributed by atoms with Crippen LogP contribution in [0.15, 0.2) is 53.4 Å². The number of rotatable bonds is 8. The Morgan fingerprint density at radius 2 is 1.70 bits per heavy atom. The third-order valence-corrected chi connectivity index (χ3v) is 7.30. The molecule has 1 aliphatic rings. The maximum Gasteiger partial charge on any atom is 0.264 e. The average Bonchev–Trinajstić information content (AvgIpc) is 3.31. The first-order chi connectivity index (χ1) is 14.4. The average molecular weight is 433 g/mol. The molecule has 0 atom stereocenters. The van der Waals surface area contributed by atoms with Crippen molar-refractivity contribution in [1.82, 2.24) is 4.90 Å². The number of benzene rings is 2. The van der Waals surface area contributed by atoms with Crippen molar-refractivity contribution in [2.45, 2.75) is 36.6 Å². The monoisotopic (exact) mass is 432 g/mol. The molecule has 0 radical (unpaired) electrons. The zero-order valence-electron chi connectivity index (χ0n) is 17.6. The fraction of sp³-hybridized carbons (Fsp3) is 0.409. The van der Waals surface area contributed by atoms with Crippen molar-refractivity contribution in [2.75, 3.05) is 32.1 Å². The molecule has 30 heavy (non-hydrogen) atoms. The molecule has 0 heterocycles. The molecule has 0 saturated heterocycles. The number of hydrogen-bond donors (Lipinski definition) is 0. The van der Waals surface area contributed by atoms with Gasteiger partial charge in [0.2, 0.25) is 5.91 Å². The molecule has 3 rings (SSSR count). The molecule has 1 fully saturated rings. The van der Waals surface area contributed by atoms with Gasteiger partial charge in [-0.1, -0.05) is 31.0 Å². The number of nitrogens with zero attached hydrogens (tertiary/aromatic N) is 2. The largest absolute Gasteiger partial charge is 0.497 e. The molecule has 7 nitrogen and oxygen atoms in total. The standard InChI is InChI=1S/C22H28N2O5S/c1-23(17-9-7-8-10-17)22(25)16-24(30(26,27)19-11-5-4-6-12-19)20-15-18(28-2)13-14-21(20)29-3/h4-6,11-15,17H,7-10,16H2,1-3H3. The lowest BCUT2D eigenvalue weighted by molar-refractivity contribution is -0.130. The summed E-state index contributed by atoms with van der Waals surface area (Å²) in [4.78, 5) is 14.9. The zero-order chi connectivity index (χ0) is 21.7. The molecule has 0 bridgehead atoms. The molecule has 2 aromatic carbocycles. The minimum Gasteiger partial charge on any atom is -0.497 e. The van der Waals surface area contributed by atoms with Crippen molar-refractivity contribution >= 4 is 21.6 Å². The molecule has 0 aromatic heterocycles. The van der Waals surface area contributed by atoms with Gasteiger partial charge in [-0.25, -0.2) is 8.42 Å². The van der Waals surface area contributed by atoms with E-state index in [4.69, 9.17) is 9.47 Å². The van der Waals surface area contributed by atoms with Gasteiger partial charge in [0.1, 0.15) is 18.0 Å². The number of hydrogen-bond acceptors (Lipinski definition) is 5. The van der Waals surface area contributed by atoms with Crippen LogP contribution in [-0.4, -0.2) is 53.1 Å². The highest BCUT2D eigenvalue weighted by molar-refractivity contribution is 7.92. The summed E-state index contributed by atoms with van der Waals surface area (Å²) in [6.07, 6.45) is 4.04. The summed E-state index contributed by atoms with van der Waals surface area (Å²) in [5.41, 5.74) is 0.258. The van der Waals surface area contributed by atoms with Gasteiger partial charge in [-0.05, 0) is 37.1 Å². The Labute approximate surface area is 178 Å². The van der Waals surface area contributed by atoms with Crippen LogP contribution in [0.2, 0.25) is 0 Å². The van der Waals surface area contributed by atoms with Gasteiger partial charge in [-0.2, -0.15) is 0 Å². The maximum absolute atomic E-state index is 13.5. The van der Waals surface area contributed by atoms with Gasteiger partial charge in [0, 0.05) is 19.2 Å². The van der Waals surface area contributed by atoms with E-state index in [0.29, 0.717) is 11.5 Å². The van der Waals surface area contributed by atoms with E-state index in [-0.39, 0.29) is 29.1 Å². The molecular weight excluding hydrogens is 404 g/mol. The van der Waals surface area contributed by atoms with Crippen molar-refractivity contribution < 1.29 is 22.7 Å². The summed E-state index contributed by atoms with van der Waals surface area (Å²) in [6, 6.07) is 13.1. The zero-order valence-corrected chi connectivity index (χ0v) is 18.4. The SMILES string of the molecule is COc1ccc(OC)c(N(CC(=O)N(C)C2CCCC2)S(=O)(=O)c2ccccc2)c1. The minimum atomic E-state index is -4.01. The van der Waals surface area contributed by atoms with E-state index in [1.54, 1.807) is 48.3 Å². The number of amides is 1. The predicted molar refractivity (Wildman–Crippen MR) is 116 cm³/mol. The van der Waals surface area contributed by atoms with E-state index in [9.17, 15) is 13.2 Å². The van der Waals surface area contributed by atoms with E-state index in [1.165, 1.54) is 26.4 Å². The van der Waals surface area contributed by atoms with Crippen LogP contribution in [0.25, 0.3) is 0 Å². The van der Waals surface area contributed by atoms with Crippen LogP contribution in [-0.2, 0) is 14.8 Å². The lowest BCUT2D eigenvalue weighted by atomic mass is 10.2. The lowest BCUT2D eigenvalue weighted by Crippen LogP contribution is -2.44. The Morgan fingerprint density at radius 1 is 1.03 bits per heavy atom. The van der Waals surface area contributed by atoms with Crippen molar-refractivity contribution in [2.24, 2.45) is 0 Å². The molecule has 1 amide bonds. The Hall–Kier alpha value is -2.74. The smallest absolute Gasteiger partial charge is 0.264 e. The quantitative estimate of drug-likeness (QED) is 0.640. The summed E-state index contributed by atoms with van der Waals surface area (Å²) in [5, 5.41) is 0. The van der Waals surface area contributed by atoms with Crippen LogP contribution >= 0.6 is 0 Å². The van der Waals surface area contributed by atoms with Crippen LogP contribution in [0.3, 0.4) is 0 Å². The summed E-state index contributed by atoms with van der Waals surface area (Å²) < 4.78 is 38.9. The van der Waals surface area contributed by atoms with Crippen molar-refractivity contribution in [3.63, 3.8) is 0 Å². The summed E-state index contributed by atoms with van der Waals surface area (Å²) in [6.45, 7) is -0.326. The van der Waals surface area contributed by atoms with Crippen LogP contribution in [0.1, 0.15) is 25.7 Å². The number of ether oxygens (including phenoxy) is 2. The molecule has 0 unspecified atom stereocenters. The van der Waals surface area contributed by atoms with Crippen LogP contribution < -0.4 is 13.8 Å². The highest BCUT2D eigenvalue weighted by Crippen LogP contribution is 2.36. The Kier molecular flexibility index (Phi) is 6.87. The molecule has 1 saturated carbocycles. The third kappa shape index (κ3) is 4.53. The third-order valence-electron chi connectivity index (χ3n) is 5.53. The van der Waals surface area contributed by atoms with E-state index in [1.807, 2.05) is 0 Å². The molecule has 2 aromatic rings. The lowest BCUT2D eigenvalue weighted by Gasteiger charge is -2.30. The second kappa shape index (κ2) is 9.38. The van der Waals surface area contributed by atoms with Gasteiger partial charge in [0.15, 0.2) is 0 Å². The van der Waals surface area contributed by atoms with Gasteiger partial charge in [0.05, 0.1) is 24.8 Å². The molecular formula is C22H28N2O5S. The van der Waals surface area contributed by atoms with Crippen LogP contribution in [0, 0.1) is 0 Å². The Morgan fingerprint density at radius 3 is 2.30 bits per heavy atom. The number of likely N-dealkylation sites (N-methyl/N-ethyl adjacent to an activating group) is 1.